The summed E-state index contributed by atoms with van der Waals surface area (Å²) in [5.74, 6) is 4.46. The van der Waals surface area contributed by atoms with Crippen LogP contribution >= 0.6 is 0 Å². The summed E-state index contributed by atoms with van der Waals surface area (Å²) < 4.78 is 22.3. The van der Waals surface area contributed by atoms with Crippen molar-refractivity contribution in [2.45, 2.75) is 77.6 Å². The molecule has 1 aromatic rings. The summed E-state index contributed by atoms with van der Waals surface area (Å²) in [7, 11) is 6.56. The van der Waals surface area contributed by atoms with E-state index in [4.69, 9.17) is 18.9 Å². The quantitative estimate of drug-likeness (QED) is 0.254. The van der Waals surface area contributed by atoms with Gasteiger partial charge < -0.3 is 18.9 Å². The van der Waals surface area contributed by atoms with Crippen molar-refractivity contribution in [3.05, 3.63) is 17.2 Å². The summed E-state index contributed by atoms with van der Waals surface area (Å²) in [5.41, 5.74) is 2.18. The van der Waals surface area contributed by atoms with Crippen LogP contribution in [-0.2, 0) is 11.2 Å². The van der Waals surface area contributed by atoms with Gasteiger partial charge in [-0.05, 0) is 38.7 Å². The molecule has 0 aliphatic carbocycles. The topological polar surface area (TPSA) is 54.0 Å². The maximum Gasteiger partial charge on any atom is 0.207 e. The first-order chi connectivity index (χ1) is 14.2. The molecule has 29 heavy (non-hydrogen) atoms. The van der Waals surface area contributed by atoms with Crippen molar-refractivity contribution in [2.75, 3.05) is 28.4 Å². The van der Waals surface area contributed by atoms with Gasteiger partial charge in [-0.2, -0.15) is 0 Å². The number of carbonyl (C=O) groups excluding carboxylic acids is 1. The van der Waals surface area contributed by atoms with Crippen LogP contribution in [0.1, 0.15) is 75.3 Å². The van der Waals surface area contributed by atoms with Crippen LogP contribution in [0.25, 0.3) is 0 Å². The molecule has 0 heterocycles. The van der Waals surface area contributed by atoms with Gasteiger partial charge in [0, 0.05) is 11.1 Å². The smallest absolute Gasteiger partial charge is 0.207 e. The number of unbranched alkanes of at least 4 members (excludes halogenated alkanes) is 9. The average Bonchev–Trinajstić information content (AvgIpc) is 2.74. The minimum atomic E-state index is 0.579. The molecule has 0 spiro atoms. The SMILES string of the molecule is COc1c(C)c(CCCCCCCCCCCC=C=O)c(OC)c(OC)c1OC. The number of hydrogen-bond acceptors (Lipinski definition) is 5. The molecule has 0 aromatic heterocycles. The zero-order chi connectivity index (χ0) is 21.5. The maximum atomic E-state index is 10.1. The van der Waals surface area contributed by atoms with Crippen molar-refractivity contribution in [2.24, 2.45) is 0 Å². The van der Waals surface area contributed by atoms with Crippen molar-refractivity contribution < 1.29 is 23.7 Å². The van der Waals surface area contributed by atoms with Gasteiger partial charge in [0.15, 0.2) is 11.5 Å². The van der Waals surface area contributed by atoms with E-state index in [1.54, 1.807) is 34.5 Å². The van der Waals surface area contributed by atoms with E-state index in [1.807, 2.05) is 12.9 Å². The summed E-state index contributed by atoms with van der Waals surface area (Å²) >= 11 is 0. The van der Waals surface area contributed by atoms with E-state index in [0.29, 0.717) is 17.2 Å². The van der Waals surface area contributed by atoms with Gasteiger partial charge in [-0.15, -0.1) is 0 Å². The Balaban J connectivity index is 2.47. The molecule has 0 unspecified atom stereocenters. The molecule has 1 aromatic carbocycles. The molecule has 1 rings (SSSR count). The lowest BCUT2D eigenvalue weighted by atomic mass is 9.98. The molecule has 0 saturated heterocycles. The molecule has 0 radical (unpaired) electrons. The second kappa shape index (κ2) is 14.8. The zero-order valence-corrected chi connectivity index (χ0v) is 18.9. The van der Waals surface area contributed by atoms with Crippen LogP contribution in [0.5, 0.6) is 23.0 Å². The van der Waals surface area contributed by atoms with Crippen molar-refractivity contribution in [1.29, 1.82) is 0 Å². The Hall–Kier alpha value is -2.13. The van der Waals surface area contributed by atoms with Gasteiger partial charge in [0.05, 0.1) is 28.4 Å². The normalized spacial score (nSPS) is 10.4. The first-order valence-corrected chi connectivity index (χ1v) is 10.7. The molecule has 0 fully saturated rings. The minimum absolute atomic E-state index is 0.579. The van der Waals surface area contributed by atoms with Gasteiger partial charge >= 0.3 is 0 Å². The number of allylic oxidation sites excluding steroid dienone is 1. The van der Waals surface area contributed by atoms with Gasteiger partial charge in [0.1, 0.15) is 5.94 Å². The third-order valence-electron chi connectivity index (χ3n) is 5.36. The first kappa shape index (κ1) is 24.9. The van der Waals surface area contributed by atoms with Gasteiger partial charge in [-0.3, -0.25) is 0 Å². The predicted octanol–water partition coefficient (Wildman–Crippen LogP) is 5.86. The fraction of sp³-hybridized carbons (Fsp3) is 0.667. The second-order valence-electron chi connectivity index (χ2n) is 7.28. The van der Waals surface area contributed by atoms with Crippen LogP contribution in [0.15, 0.2) is 6.08 Å². The van der Waals surface area contributed by atoms with Gasteiger partial charge in [-0.1, -0.05) is 44.9 Å². The van der Waals surface area contributed by atoms with E-state index >= 15 is 0 Å². The van der Waals surface area contributed by atoms with E-state index in [2.05, 4.69) is 0 Å². The molecule has 5 heteroatoms. The molecule has 0 aliphatic rings. The standard InChI is InChI=1S/C24H38O5/c1-19-20(22(27-3)24(29-5)23(28-4)21(19)26-2)17-15-13-11-9-7-6-8-10-12-14-16-18-25/h16H,6-15,17H2,1-5H3. The summed E-state index contributed by atoms with van der Waals surface area (Å²) in [6.45, 7) is 2.05. The van der Waals surface area contributed by atoms with E-state index in [0.717, 1.165) is 42.6 Å². The average molecular weight is 407 g/mol. The number of ether oxygens (including phenoxy) is 4. The summed E-state index contributed by atoms with van der Waals surface area (Å²) in [6, 6.07) is 0. The lowest BCUT2D eigenvalue weighted by Crippen LogP contribution is -2.05. The Bertz CT molecular complexity index is 647. The van der Waals surface area contributed by atoms with E-state index in [1.165, 1.54) is 44.9 Å². The predicted molar refractivity (Wildman–Crippen MR) is 118 cm³/mol. The molecular formula is C24H38O5. The highest BCUT2D eigenvalue weighted by Crippen LogP contribution is 2.49. The summed E-state index contributed by atoms with van der Waals surface area (Å²) in [5, 5.41) is 0. The molecule has 0 saturated carbocycles. The Morgan fingerprint density at radius 1 is 0.655 bits per heavy atom. The largest absolute Gasteiger partial charge is 0.492 e. The van der Waals surface area contributed by atoms with Crippen LogP contribution in [0, 0.1) is 6.92 Å². The van der Waals surface area contributed by atoms with Crippen LogP contribution in [0.2, 0.25) is 0 Å². The highest BCUT2D eigenvalue weighted by molar-refractivity contribution is 5.66. The lowest BCUT2D eigenvalue weighted by Gasteiger charge is -2.21. The fourth-order valence-corrected chi connectivity index (χ4v) is 3.80. The van der Waals surface area contributed by atoms with Gasteiger partial charge in [0.25, 0.3) is 0 Å². The second-order valence-corrected chi connectivity index (χ2v) is 7.28. The van der Waals surface area contributed by atoms with Crippen LogP contribution in [0.4, 0.5) is 0 Å². The van der Waals surface area contributed by atoms with Crippen molar-refractivity contribution in [3.63, 3.8) is 0 Å². The molecule has 0 atom stereocenters. The third kappa shape index (κ3) is 7.66. The molecule has 164 valence electrons. The number of methoxy groups -OCH3 is 4. The third-order valence-corrected chi connectivity index (χ3v) is 5.36. The minimum Gasteiger partial charge on any atom is -0.492 e. The molecular weight excluding hydrogens is 368 g/mol. The van der Waals surface area contributed by atoms with Crippen molar-refractivity contribution >= 4 is 5.94 Å². The summed E-state index contributed by atoms with van der Waals surface area (Å²) in [4.78, 5) is 10.1. The summed E-state index contributed by atoms with van der Waals surface area (Å²) in [6.07, 6.45) is 14.4. The number of rotatable bonds is 16. The van der Waals surface area contributed by atoms with Crippen molar-refractivity contribution in [1.82, 2.24) is 0 Å². The molecule has 0 amide bonds. The number of hydrogen-bond donors (Lipinski definition) is 0. The molecule has 5 nitrogen and oxygen atoms in total. The highest BCUT2D eigenvalue weighted by Gasteiger charge is 2.24. The molecule has 0 aliphatic heterocycles. The maximum absolute atomic E-state index is 10.1. The Morgan fingerprint density at radius 2 is 1.10 bits per heavy atom. The van der Waals surface area contributed by atoms with Crippen molar-refractivity contribution in [3.8, 4) is 23.0 Å². The lowest BCUT2D eigenvalue weighted by molar-refractivity contribution is 0.302. The van der Waals surface area contributed by atoms with Gasteiger partial charge in [0.2, 0.25) is 11.5 Å². The monoisotopic (exact) mass is 406 g/mol. The number of benzene rings is 1. The first-order valence-electron chi connectivity index (χ1n) is 10.7. The van der Waals surface area contributed by atoms with Crippen LogP contribution in [0.3, 0.4) is 0 Å². The Kier molecular flexibility index (Phi) is 12.7. The molecule has 0 bridgehead atoms. The van der Waals surface area contributed by atoms with Crippen LogP contribution < -0.4 is 18.9 Å². The molecule has 0 N–H and O–H groups in total. The highest BCUT2D eigenvalue weighted by atomic mass is 16.5. The van der Waals surface area contributed by atoms with Gasteiger partial charge in [-0.25, -0.2) is 4.79 Å². The zero-order valence-electron chi connectivity index (χ0n) is 18.9. The Morgan fingerprint density at radius 3 is 1.59 bits per heavy atom. The van der Waals surface area contributed by atoms with E-state index in [-0.39, 0.29) is 0 Å². The fourth-order valence-electron chi connectivity index (χ4n) is 3.80. The Labute approximate surface area is 176 Å². The van der Waals surface area contributed by atoms with Crippen LogP contribution in [-0.4, -0.2) is 34.4 Å². The van der Waals surface area contributed by atoms with E-state index in [9.17, 15) is 4.79 Å². The van der Waals surface area contributed by atoms with E-state index < -0.39 is 0 Å².